The van der Waals surface area contributed by atoms with Crippen LogP contribution in [0.5, 0.6) is 0 Å². The summed E-state index contributed by atoms with van der Waals surface area (Å²) in [6, 6.07) is 8.36. The molecular formula is C13H15FO5. The van der Waals surface area contributed by atoms with Crippen LogP contribution >= 0.6 is 0 Å². The Morgan fingerprint density at radius 2 is 2.11 bits per heavy atom. The lowest BCUT2D eigenvalue weighted by Crippen LogP contribution is -2.31. The van der Waals surface area contributed by atoms with Gasteiger partial charge < -0.3 is 19.3 Å². The molecule has 1 aliphatic heterocycles. The Labute approximate surface area is 109 Å². The topological polar surface area (TPSA) is 65.0 Å². The maximum Gasteiger partial charge on any atom is 0.338 e. The number of carbonyl (C=O) groups excluding carboxylic acids is 1. The van der Waals surface area contributed by atoms with Gasteiger partial charge >= 0.3 is 5.97 Å². The quantitative estimate of drug-likeness (QED) is 0.824. The number of hydrogen-bond acceptors (Lipinski definition) is 5. The summed E-state index contributed by atoms with van der Waals surface area (Å²) in [7, 11) is 1.30. The van der Waals surface area contributed by atoms with Gasteiger partial charge in [-0.2, -0.15) is 0 Å². The zero-order valence-corrected chi connectivity index (χ0v) is 10.4. The summed E-state index contributed by atoms with van der Waals surface area (Å²) in [5.74, 6) is -0.563. The van der Waals surface area contributed by atoms with Crippen molar-refractivity contribution in [3.8, 4) is 0 Å². The minimum absolute atomic E-state index is 0.272. The van der Waals surface area contributed by atoms with Crippen molar-refractivity contribution >= 4 is 5.97 Å². The maximum atomic E-state index is 13.6. The number of aliphatic hydroxyl groups is 1. The first-order chi connectivity index (χ1) is 9.13. The molecule has 104 valence electrons. The minimum atomic E-state index is -1.64. The molecule has 0 radical (unpaired) electrons. The van der Waals surface area contributed by atoms with Crippen LogP contribution in [0.15, 0.2) is 30.3 Å². The number of alkyl halides is 1. The fraction of sp³-hybridized carbons (Fsp3) is 0.462. The van der Waals surface area contributed by atoms with Crippen molar-refractivity contribution in [3.63, 3.8) is 0 Å². The van der Waals surface area contributed by atoms with E-state index in [4.69, 9.17) is 14.2 Å². The first kappa shape index (κ1) is 13.9. The fourth-order valence-corrected chi connectivity index (χ4v) is 1.84. The number of benzene rings is 1. The molecule has 1 fully saturated rings. The molecule has 4 atom stereocenters. The number of ether oxygens (including phenoxy) is 3. The van der Waals surface area contributed by atoms with Gasteiger partial charge in [-0.25, -0.2) is 9.18 Å². The molecule has 2 rings (SSSR count). The van der Waals surface area contributed by atoms with Crippen LogP contribution in [0.3, 0.4) is 0 Å². The zero-order chi connectivity index (χ0) is 13.8. The summed E-state index contributed by atoms with van der Waals surface area (Å²) in [4.78, 5) is 11.6. The molecule has 0 spiro atoms. The van der Waals surface area contributed by atoms with E-state index in [0.717, 1.165) is 0 Å². The van der Waals surface area contributed by atoms with Gasteiger partial charge in [-0.05, 0) is 12.1 Å². The van der Waals surface area contributed by atoms with Crippen molar-refractivity contribution < 1.29 is 28.5 Å². The van der Waals surface area contributed by atoms with Gasteiger partial charge in [0.1, 0.15) is 18.8 Å². The molecule has 1 heterocycles. The third-order valence-electron chi connectivity index (χ3n) is 2.89. The molecule has 0 saturated carbocycles. The smallest absolute Gasteiger partial charge is 0.338 e. The van der Waals surface area contributed by atoms with Gasteiger partial charge in [0, 0.05) is 7.11 Å². The molecule has 1 N–H and O–H groups in total. The van der Waals surface area contributed by atoms with Crippen LogP contribution in [0.1, 0.15) is 10.4 Å². The van der Waals surface area contributed by atoms with E-state index in [1.807, 2.05) is 0 Å². The average Bonchev–Trinajstić information content (AvgIpc) is 2.73. The number of halogens is 1. The molecule has 0 bridgehead atoms. The molecule has 1 aliphatic rings. The molecule has 1 saturated heterocycles. The molecule has 6 heteroatoms. The lowest BCUT2D eigenvalue weighted by atomic mass is 10.2. The third kappa shape index (κ3) is 3.09. The van der Waals surface area contributed by atoms with Crippen molar-refractivity contribution in [1.29, 1.82) is 0 Å². The summed E-state index contributed by atoms with van der Waals surface area (Å²) < 4.78 is 28.4. The van der Waals surface area contributed by atoms with Crippen molar-refractivity contribution in [3.05, 3.63) is 35.9 Å². The van der Waals surface area contributed by atoms with Crippen LogP contribution in [0, 0.1) is 0 Å². The minimum Gasteiger partial charge on any atom is -0.459 e. The summed E-state index contributed by atoms with van der Waals surface area (Å²) >= 11 is 0. The number of methoxy groups -OCH3 is 1. The fourth-order valence-electron chi connectivity index (χ4n) is 1.84. The van der Waals surface area contributed by atoms with Crippen molar-refractivity contribution in [2.24, 2.45) is 0 Å². The zero-order valence-electron chi connectivity index (χ0n) is 10.4. The first-order valence-corrected chi connectivity index (χ1v) is 5.86. The Balaban J connectivity index is 1.88. The Bertz CT molecular complexity index is 424. The van der Waals surface area contributed by atoms with Gasteiger partial charge in [-0.15, -0.1) is 0 Å². The van der Waals surface area contributed by atoms with E-state index < -0.39 is 30.6 Å². The van der Waals surface area contributed by atoms with Crippen LogP contribution in [0.4, 0.5) is 4.39 Å². The highest BCUT2D eigenvalue weighted by Gasteiger charge is 2.45. The molecule has 1 aromatic carbocycles. The normalized spacial score (nSPS) is 30.3. The second-order valence-corrected chi connectivity index (χ2v) is 4.18. The summed E-state index contributed by atoms with van der Waals surface area (Å²) in [5.41, 5.74) is 0.375. The number of esters is 1. The average molecular weight is 270 g/mol. The Morgan fingerprint density at radius 3 is 2.68 bits per heavy atom. The predicted octanol–water partition coefficient (Wildman–Crippen LogP) is 0.914. The van der Waals surface area contributed by atoms with E-state index in [9.17, 15) is 14.3 Å². The second kappa shape index (κ2) is 6.10. The Morgan fingerprint density at radius 1 is 1.42 bits per heavy atom. The summed E-state index contributed by atoms with van der Waals surface area (Å²) in [6.07, 6.45) is -5.07. The number of carbonyl (C=O) groups is 1. The van der Waals surface area contributed by atoms with E-state index in [1.165, 1.54) is 7.11 Å². The Kier molecular flexibility index (Phi) is 4.47. The molecule has 5 nitrogen and oxygen atoms in total. The molecule has 1 aromatic rings. The van der Waals surface area contributed by atoms with Crippen LogP contribution in [-0.2, 0) is 14.2 Å². The largest absolute Gasteiger partial charge is 0.459 e. The monoisotopic (exact) mass is 270 g/mol. The van der Waals surface area contributed by atoms with Crippen LogP contribution in [-0.4, -0.2) is 49.5 Å². The highest BCUT2D eigenvalue weighted by Crippen LogP contribution is 2.24. The first-order valence-electron chi connectivity index (χ1n) is 5.86. The molecule has 0 aromatic heterocycles. The molecule has 1 unspecified atom stereocenters. The van der Waals surface area contributed by atoms with E-state index in [2.05, 4.69) is 0 Å². The third-order valence-corrected chi connectivity index (χ3v) is 2.89. The highest BCUT2D eigenvalue weighted by atomic mass is 19.1. The highest BCUT2D eigenvalue weighted by molar-refractivity contribution is 5.89. The number of hydrogen-bond donors (Lipinski definition) is 1. The van der Waals surface area contributed by atoms with Crippen molar-refractivity contribution in [2.75, 3.05) is 13.7 Å². The van der Waals surface area contributed by atoms with Crippen molar-refractivity contribution in [1.82, 2.24) is 0 Å². The number of rotatable bonds is 4. The molecule has 0 amide bonds. The molecule has 19 heavy (non-hydrogen) atoms. The maximum absolute atomic E-state index is 13.6. The van der Waals surface area contributed by atoms with Gasteiger partial charge in [-0.3, -0.25) is 0 Å². The molecule has 0 aliphatic carbocycles. The second-order valence-electron chi connectivity index (χ2n) is 4.18. The van der Waals surface area contributed by atoms with E-state index >= 15 is 0 Å². The standard InChI is InChI=1S/C13H15FO5/c1-17-13-11(15)10(14)9(19-13)7-18-12(16)8-5-3-2-4-6-8/h2-6,9-11,13,15H,7H2,1H3/t9-,10-,11-,13?/m1/s1. The van der Waals surface area contributed by atoms with Gasteiger partial charge in [0.2, 0.25) is 0 Å². The summed E-state index contributed by atoms with van der Waals surface area (Å²) in [5, 5.41) is 9.44. The van der Waals surface area contributed by atoms with Gasteiger partial charge in [-0.1, -0.05) is 18.2 Å². The van der Waals surface area contributed by atoms with Crippen LogP contribution in [0.2, 0.25) is 0 Å². The van der Waals surface area contributed by atoms with E-state index in [1.54, 1.807) is 30.3 Å². The van der Waals surface area contributed by atoms with Crippen molar-refractivity contribution in [2.45, 2.75) is 24.7 Å². The lowest BCUT2D eigenvalue weighted by Gasteiger charge is -2.13. The van der Waals surface area contributed by atoms with Gasteiger partial charge in [0.05, 0.1) is 5.56 Å². The number of aliphatic hydroxyl groups excluding tert-OH is 1. The van der Waals surface area contributed by atoms with Crippen LogP contribution < -0.4 is 0 Å². The van der Waals surface area contributed by atoms with E-state index in [-0.39, 0.29) is 6.61 Å². The molecular weight excluding hydrogens is 255 g/mol. The van der Waals surface area contributed by atoms with Gasteiger partial charge in [0.25, 0.3) is 0 Å². The van der Waals surface area contributed by atoms with E-state index in [0.29, 0.717) is 5.56 Å². The summed E-state index contributed by atoms with van der Waals surface area (Å²) in [6.45, 7) is -0.272. The lowest BCUT2D eigenvalue weighted by molar-refractivity contribution is -0.153. The Hall–Kier alpha value is -1.50. The predicted molar refractivity (Wildman–Crippen MR) is 63.3 cm³/mol. The SMILES string of the molecule is COC1O[C@H](COC(=O)c2ccccc2)[C@@H](F)[C@H]1O. The van der Waals surface area contributed by atoms with Crippen LogP contribution in [0.25, 0.3) is 0 Å². The van der Waals surface area contributed by atoms with Gasteiger partial charge in [0.15, 0.2) is 12.5 Å².